The third-order valence-corrected chi connectivity index (χ3v) is 7.18. The fourth-order valence-electron chi connectivity index (χ4n) is 4.15. The van der Waals surface area contributed by atoms with Gasteiger partial charge in [-0.2, -0.15) is 13.5 Å². The number of nitrogens with one attached hydrogen (secondary N) is 1. The SMILES string of the molecule is COc1ccccc1/C=N\N(CCC(=O)NC1CCCCC1)C1=NS(=O)(=O)c2ccccc21. The van der Waals surface area contributed by atoms with Crippen molar-refractivity contribution >= 4 is 28.0 Å². The van der Waals surface area contributed by atoms with E-state index in [0.29, 0.717) is 11.3 Å². The summed E-state index contributed by atoms with van der Waals surface area (Å²) >= 11 is 0. The molecule has 4 rings (SSSR count). The van der Waals surface area contributed by atoms with Crippen LogP contribution < -0.4 is 10.1 Å². The molecule has 1 heterocycles. The maximum atomic E-state index is 12.6. The lowest BCUT2D eigenvalue weighted by molar-refractivity contribution is -0.122. The van der Waals surface area contributed by atoms with Gasteiger partial charge in [-0.3, -0.25) is 4.79 Å². The van der Waals surface area contributed by atoms with Crippen LogP contribution in [0.4, 0.5) is 0 Å². The highest BCUT2D eigenvalue weighted by Gasteiger charge is 2.32. The summed E-state index contributed by atoms with van der Waals surface area (Å²) in [7, 11) is -2.24. The number of para-hydroxylation sites is 1. The molecule has 174 valence electrons. The fourth-order valence-corrected chi connectivity index (χ4v) is 5.36. The summed E-state index contributed by atoms with van der Waals surface area (Å²) in [5.74, 6) is 0.772. The van der Waals surface area contributed by atoms with Crippen LogP contribution in [-0.2, 0) is 14.8 Å². The average molecular weight is 469 g/mol. The number of hydrazone groups is 1. The first-order valence-corrected chi connectivity index (χ1v) is 12.6. The minimum atomic E-state index is -3.81. The lowest BCUT2D eigenvalue weighted by Gasteiger charge is -2.24. The molecule has 1 fully saturated rings. The lowest BCUT2D eigenvalue weighted by Crippen LogP contribution is -2.38. The van der Waals surface area contributed by atoms with Crippen LogP contribution >= 0.6 is 0 Å². The Labute approximate surface area is 194 Å². The number of fused-ring (bicyclic) bond motifs is 1. The number of hydrogen-bond acceptors (Lipinski definition) is 6. The molecule has 0 atom stereocenters. The zero-order valence-corrected chi connectivity index (χ0v) is 19.4. The standard InChI is InChI=1S/C24H28N4O4S/c1-32-21-13-7-5-9-18(21)17-25-28(16-15-23(29)26-19-10-3-2-4-11-19)24-20-12-6-8-14-22(20)33(30,31)27-24/h5-9,12-14,17,19H,2-4,10-11,15-16H2,1H3,(H,26,29)/b25-17-. The van der Waals surface area contributed by atoms with Crippen molar-refractivity contribution in [3.05, 3.63) is 59.7 Å². The van der Waals surface area contributed by atoms with Crippen LogP contribution in [0.3, 0.4) is 0 Å². The van der Waals surface area contributed by atoms with Gasteiger partial charge in [-0.15, -0.1) is 4.40 Å². The van der Waals surface area contributed by atoms with Crippen molar-refractivity contribution in [1.29, 1.82) is 0 Å². The number of sulfonamides is 1. The smallest absolute Gasteiger partial charge is 0.285 e. The summed E-state index contributed by atoms with van der Waals surface area (Å²) in [6.45, 7) is 0.187. The highest BCUT2D eigenvalue weighted by molar-refractivity contribution is 7.90. The van der Waals surface area contributed by atoms with Crippen molar-refractivity contribution < 1.29 is 17.9 Å². The molecule has 2 aliphatic rings. The first kappa shape index (κ1) is 23.0. The van der Waals surface area contributed by atoms with Crippen molar-refractivity contribution in [1.82, 2.24) is 10.3 Å². The van der Waals surface area contributed by atoms with Gasteiger partial charge < -0.3 is 10.1 Å². The molecular weight excluding hydrogens is 440 g/mol. The number of amides is 1. The molecule has 0 radical (unpaired) electrons. The molecule has 1 saturated carbocycles. The van der Waals surface area contributed by atoms with E-state index < -0.39 is 10.0 Å². The number of hydrogen-bond donors (Lipinski definition) is 1. The topological polar surface area (TPSA) is 100 Å². The van der Waals surface area contributed by atoms with Gasteiger partial charge in [-0.25, -0.2) is 5.01 Å². The van der Waals surface area contributed by atoms with Gasteiger partial charge in [-0.1, -0.05) is 43.5 Å². The second kappa shape index (κ2) is 10.2. The number of rotatable bonds is 7. The number of benzene rings is 2. The van der Waals surface area contributed by atoms with Gasteiger partial charge in [0.1, 0.15) is 10.6 Å². The van der Waals surface area contributed by atoms with Gasteiger partial charge in [0.25, 0.3) is 10.0 Å². The number of amidine groups is 1. The molecule has 0 unspecified atom stereocenters. The van der Waals surface area contributed by atoms with Crippen molar-refractivity contribution in [3.63, 3.8) is 0 Å². The van der Waals surface area contributed by atoms with E-state index in [1.54, 1.807) is 31.5 Å². The minimum Gasteiger partial charge on any atom is -0.496 e. The molecule has 2 aromatic rings. The van der Waals surface area contributed by atoms with Crippen molar-refractivity contribution in [2.24, 2.45) is 9.50 Å². The quantitative estimate of drug-likeness (QED) is 0.496. The van der Waals surface area contributed by atoms with Crippen LogP contribution in [0, 0.1) is 0 Å². The van der Waals surface area contributed by atoms with Crippen LogP contribution in [0.5, 0.6) is 5.75 Å². The summed E-state index contributed by atoms with van der Waals surface area (Å²) in [4.78, 5) is 12.8. The second-order valence-electron chi connectivity index (χ2n) is 8.15. The predicted molar refractivity (Wildman–Crippen MR) is 127 cm³/mol. The van der Waals surface area contributed by atoms with Gasteiger partial charge in [0.15, 0.2) is 5.84 Å². The van der Waals surface area contributed by atoms with E-state index in [1.807, 2.05) is 24.3 Å². The molecule has 1 aliphatic heterocycles. The van der Waals surface area contributed by atoms with Crippen LogP contribution in [0.1, 0.15) is 49.7 Å². The van der Waals surface area contributed by atoms with E-state index in [1.165, 1.54) is 17.5 Å². The van der Waals surface area contributed by atoms with Crippen molar-refractivity contribution in [2.75, 3.05) is 13.7 Å². The Hall–Kier alpha value is -3.20. The predicted octanol–water partition coefficient (Wildman–Crippen LogP) is 3.32. The Morgan fingerprint density at radius 1 is 1.15 bits per heavy atom. The molecule has 9 heteroatoms. The van der Waals surface area contributed by atoms with Gasteiger partial charge in [0.05, 0.1) is 19.9 Å². The molecule has 33 heavy (non-hydrogen) atoms. The monoisotopic (exact) mass is 468 g/mol. The third kappa shape index (κ3) is 5.42. The summed E-state index contributed by atoms with van der Waals surface area (Å²) < 4.78 is 34.5. The Morgan fingerprint density at radius 2 is 1.88 bits per heavy atom. The molecule has 0 aromatic heterocycles. The number of nitrogens with zero attached hydrogens (tertiary/aromatic N) is 3. The Bertz CT molecular complexity index is 1170. The minimum absolute atomic E-state index is 0.0749. The van der Waals surface area contributed by atoms with Crippen LogP contribution in [0.25, 0.3) is 0 Å². The summed E-state index contributed by atoms with van der Waals surface area (Å²) in [6, 6.07) is 14.2. The maximum absolute atomic E-state index is 12.6. The first-order valence-electron chi connectivity index (χ1n) is 11.2. The Morgan fingerprint density at radius 3 is 2.67 bits per heavy atom. The van der Waals surface area contributed by atoms with E-state index in [-0.39, 0.29) is 35.6 Å². The Balaban J connectivity index is 1.57. The summed E-state index contributed by atoms with van der Waals surface area (Å²) in [6.07, 6.45) is 7.23. The third-order valence-electron chi connectivity index (χ3n) is 5.85. The summed E-state index contributed by atoms with van der Waals surface area (Å²) in [5.41, 5.74) is 1.20. The van der Waals surface area contributed by atoms with E-state index in [0.717, 1.165) is 31.2 Å². The van der Waals surface area contributed by atoms with Gasteiger partial charge in [0.2, 0.25) is 5.91 Å². The van der Waals surface area contributed by atoms with Gasteiger partial charge >= 0.3 is 0 Å². The number of carbonyl (C=O) groups excluding carboxylic acids is 1. The normalized spacial score (nSPS) is 17.4. The van der Waals surface area contributed by atoms with Gasteiger partial charge in [-0.05, 0) is 37.1 Å². The molecule has 1 amide bonds. The first-order chi connectivity index (χ1) is 16.0. The highest BCUT2D eigenvalue weighted by Crippen LogP contribution is 2.28. The zero-order chi connectivity index (χ0) is 23.3. The molecule has 0 saturated heterocycles. The van der Waals surface area contributed by atoms with Crippen LogP contribution in [-0.4, -0.2) is 51.1 Å². The van der Waals surface area contributed by atoms with E-state index in [9.17, 15) is 13.2 Å². The number of carbonyl (C=O) groups is 1. The lowest BCUT2D eigenvalue weighted by atomic mass is 9.95. The average Bonchev–Trinajstić information content (AvgIpc) is 3.11. The number of ether oxygens (including phenoxy) is 1. The maximum Gasteiger partial charge on any atom is 0.285 e. The van der Waals surface area contributed by atoms with E-state index >= 15 is 0 Å². The second-order valence-corrected chi connectivity index (χ2v) is 9.72. The summed E-state index contributed by atoms with van der Waals surface area (Å²) in [5, 5.41) is 9.10. The molecule has 2 aromatic carbocycles. The van der Waals surface area contributed by atoms with Crippen molar-refractivity contribution in [2.45, 2.75) is 49.5 Å². The van der Waals surface area contributed by atoms with Crippen LogP contribution in [0.15, 0.2) is 62.9 Å². The zero-order valence-electron chi connectivity index (χ0n) is 18.6. The highest BCUT2D eigenvalue weighted by atomic mass is 32.2. The van der Waals surface area contributed by atoms with Crippen molar-refractivity contribution in [3.8, 4) is 5.75 Å². The molecule has 0 spiro atoms. The van der Waals surface area contributed by atoms with Crippen LogP contribution in [0.2, 0.25) is 0 Å². The number of methoxy groups -OCH3 is 1. The molecule has 1 aliphatic carbocycles. The van der Waals surface area contributed by atoms with E-state index in [2.05, 4.69) is 14.8 Å². The van der Waals surface area contributed by atoms with E-state index in [4.69, 9.17) is 4.74 Å². The molecule has 8 nitrogen and oxygen atoms in total. The Kier molecular flexibility index (Phi) is 7.08. The fraction of sp³-hybridized carbons (Fsp3) is 0.375. The molecule has 0 bridgehead atoms. The molecule has 1 N–H and O–H groups in total. The largest absolute Gasteiger partial charge is 0.496 e. The molecular formula is C24H28N4O4S. The van der Waals surface area contributed by atoms with Gasteiger partial charge in [0, 0.05) is 23.6 Å².